The Kier molecular flexibility index (Phi) is 5.66. The van der Waals surface area contributed by atoms with Gasteiger partial charge < -0.3 is 15.8 Å². The molecule has 0 aromatic heterocycles. The maximum atomic E-state index is 13.2. The number of hydrogen-bond donors (Lipinski definition) is 2. The molecule has 2 aromatic carbocycles. The summed E-state index contributed by atoms with van der Waals surface area (Å²) >= 11 is 0. The van der Waals surface area contributed by atoms with Crippen molar-refractivity contribution in [1.82, 2.24) is 0 Å². The van der Waals surface area contributed by atoms with Gasteiger partial charge in [-0.25, -0.2) is 4.39 Å². The maximum Gasteiger partial charge on any atom is 0.227 e. The minimum absolute atomic E-state index is 0.0122. The number of benzene rings is 2. The molecule has 3 rings (SSSR count). The van der Waals surface area contributed by atoms with Crippen molar-refractivity contribution < 1.29 is 13.9 Å². The van der Waals surface area contributed by atoms with Crippen LogP contribution in [0.4, 0.5) is 10.1 Å². The third kappa shape index (κ3) is 4.57. The van der Waals surface area contributed by atoms with Crippen molar-refractivity contribution in [3.05, 3.63) is 59.9 Å². The summed E-state index contributed by atoms with van der Waals surface area (Å²) in [7, 11) is 0. The molecule has 132 valence electrons. The lowest BCUT2D eigenvalue weighted by Crippen LogP contribution is -2.29. The summed E-state index contributed by atoms with van der Waals surface area (Å²) in [6, 6.07) is 13.6. The fraction of sp³-hybridized carbons (Fsp3) is 0.350. The van der Waals surface area contributed by atoms with E-state index in [0.29, 0.717) is 18.0 Å². The van der Waals surface area contributed by atoms with Gasteiger partial charge in [-0.3, -0.25) is 4.79 Å². The van der Waals surface area contributed by atoms with Gasteiger partial charge in [0.05, 0.1) is 0 Å². The fourth-order valence-corrected chi connectivity index (χ4v) is 3.36. The van der Waals surface area contributed by atoms with Crippen molar-refractivity contribution in [2.24, 2.45) is 17.6 Å². The summed E-state index contributed by atoms with van der Waals surface area (Å²) < 4.78 is 18.9. The second kappa shape index (κ2) is 8.12. The molecular formula is C20H23FN2O2. The van der Waals surface area contributed by atoms with Crippen LogP contribution in [-0.4, -0.2) is 12.5 Å². The van der Waals surface area contributed by atoms with Gasteiger partial charge in [0.15, 0.2) is 0 Å². The molecule has 0 spiro atoms. The fourth-order valence-electron chi connectivity index (χ4n) is 3.36. The number of hydrogen-bond acceptors (Lipinski definition) is 3. The Hall–Kier alpha value is -2.40. The van der Waals surface area contributed by atoms with Gasteiger partial charge in [0.1, 0.15) is 18.2 Å². The van der Waals surface area contributed by atoms with E-state index in [1.54, 1.807) is 12.1 Å². The molecule has 0 saturated heterocycles. The predicted molar refractivity (Wildman–Crippen MR) is 95.7 cm³/mol. The van der Waals surface area contributed by atoms with E-state index < -0.39 is 0 Å². The van der Waals surface area contributed by atoms with Gasteiger partial charge in [-0.2, -0.15) is 0 Å². The first kappa shape index (κ1) is 17.4. The summed E-state index contributed by atoms with van der Waals surface area (Å²) in [4.78, 5) is 12.5. The van der Waals surface area contributed by atoms with E-state index in [0.717, 1.165) is 24.8 Å². The smallest absolute Gasteiger partial charge is 0.227 e. The van der Waals surface area contributed by atoms with E-state index in [1.807, 2.05) is 24.3 Å². The second-order valence-electron chi connectivity index (χ2n) is 6.47. The van der Waals surface area contributed by atoms with E-state index in [1.165, 1.54) is 12.1 Å². The van der Waals surface area contributed by atoms with Crippen molar-refractivity contribution >= 4 is 11.6 Å². The molecule has 0 unspecified atom stereocenters. The number of ether oxygens (including phenoxy) is 1. The highest BCUT2D eigenvalue weighted by Crippen LogP contribution is 2.32. The van der Waals surface area contributed by atoms with Crippen LogP contribution >= 0.6 is 0 Å². The Morgan fingerprint density at radius 2 is 2.04 bits per heavy atom. The summed E-state index contributed by atoms with van der Waals surface area (Å²) in [5.41, 5.74) is 7.21. The van der Waals surface area contributed by atoms with Crippen molar-refractivity contribution in [1.29, 1.82) is 0 Å². The first-order valence-corrected chi connectivity index (χ1v) is 8.64. The zero-order valence-corrected chi connectivity index (χ0v) is 14.1. The number of rotatable bonds is 6. The summed E-state index contributed by atoms with van der Waals surface area (Å²) in [5, 5.41) is 2.96. The maximum absolute atomic E-state index is 13.2. The molecule has 1 aliphatic carbocycles. The zero-order valence-electron chi connectivity index (χ0n) is 14.1. The van der Waals surface area contributed by atoms with Crippen LogP contribution < -0.4 is 15.8 Å². The Morgan fingerprint density at radius 3 is 2.84 bits per heavy atom. The molecule has 1 aliphatic rings. The molecule has 0 bridgehead atoms. The molecule has 25 heavy (non-hydrogen) atoms. The molecule has 3 N–H and O–H groups in total. The molecule has 1 amide bonds. The third-order valence-corrected chi connectivity index (χ3v) is 4.69. The van der Waals surface area contributed by atoms with Crippen LogP contribution in [0, 0.1) is 17.7 Å². The highest BCUT2D eigenvalue weighted by atomic mass is 19.1. The minimum atomic E-state index is -0.284. The summed E-state index contributed by atoms with van der Waals surface area (Å²) in [5.74, 6) is 0.626. The third-order valence-electron chi connectivity index (χ3n) is 4.69. The molecule has 0 radical (unpaired) electrons. The van der Waals surface area contributed by atoms with Gasteiger partial charge in [-0.15, -0.1) is 0 Å². The van der Waals surface area contributed by atoms with Gasteiger partial charge in [0, 0.05) is 17.7 Å². The van der Waals surface area contributed by atoms with Gasteiger partial charge >= 0.3 is 0 Å². The summed E-state index contributed by atoms with van der Waals surface area (Å²) in [6.07, 6.45) is 2.96. The van der Waals surface area contributed by atoms with Crippen molar-refractivity contribution in [2.45, 2.75) is 25.9 Å². The van der Waals surface area contributed by atoms with Crippen LogP contribution in [0.2, 0.25) is 0 Å². The molecule has 1 saturated carbocycles. The van der Waals surface area contributed by atoms with E-state index >= 15 is 0 Å². The lowest BCUT2D eigenvalue weighted by molar-refractivity contribution is -0.120. The van der Waals surface area contributed by atoms with E-state index in [4.69, 9.17) is 10.5 Å². The lowest BCUT2D eigenvalue weighted by atomic mass is 9.95. The number of nitrogens with one attached hydrogen (secondary N) is 1. The zero-order chi connectivity index (χ0) is 17.6. The number of amides is 1. The van der Waals surface area contributed by atoms with Crippen molar-refractivity contribution in [3.63, 3.8) is 0 Å². The standard InChI is InChI=1S/C20H23FN2O2/c21-16-6-1-4-14(10-16)13-25-18-8-3-7-17(11-18)23-20(24)19-9-2-5-15(19)12-22/h1,3-4,6-8,10-11,15,19H,2,5,9,12-13,22H2,(H,23,24)/t15-,19-/m1/s1. The summed E-state index contributed by atoms with van der Waals surface area (Å²) in [6.45, 7) is 0.821. The lowest BCUT2D eigenvalue weighted by Gasteiger charge is -2.17. The van der Waals surface area contributed by atoms with Crippen LogP contribution in [0.3, 0.4) is 0 Å². The predicted octanol–water partition coefficient (Wildman–Crippen LogP) is 3.72. The largest absolute Gasteiger partial charge is 0.489 e. The van der Waals surface area contributed by atoms with E-state index in [-0.39, 0.29) is 30.2 Å². The van der Waals surface area contributed by atoms with Gasteiger partial charge in [-0.1, -0.05) is 24.6 Å². The molecule has 4 nitrogen and oxygen atoms in total. The number of nitrogens with two attached hydrogens (primary N) is 1. The normalized spacial score (nSPS) is 19.6. The average molecular weight is 342 g/mol. The van der Waals surface area contributed by atoms with Crippen LogP contribution in [0.25, 0.3) is 0 Å². The van der Waals surface area contributed by atoms with Crippen LogP contribution in [0.15, 0.2) is 48.5 Å². The van der Waals surface area contributed by atoms with E-state index in [9.17, 15) is 9.18 Å². The highest BCUT2D eigenvalue weighted by molar-refractivity contribution is 5.93. The van der Waals surface area contributed by atoms with Crippen LogP contribution in [0.5, 0.6) is 5.75 Å². The Morgan fingerprint density at radius 1 is 1.20 bits per heavy atom. The topological polar surface area (TPSA) is 64.4 Å². The molecule has 2 atom stereocenters. The van der Waals surface area contributed by atoms with Gasteiger partial charge in [0.25, 0.3) is 0 Å². The monoisotopic (exact) mass is 342 g/mol. The first-order chi connectivity index (χ1) is 12.2. The molecule has 2 aromatic rings. The molecule has 1 fully saturated rings. The van der Waals surface area contributed by atoms with Gasteiger partial charge in [-0.05, 0) is 55.1 Å². The van der Waals surface area contributed by atoms with Crippen LogP contribution in [-0.2, 0) is 11.4 Å². The number of anilines is 1. The number of halogens is 1. The molecular weight excluding hydrogens is 319 g/mol. The highest BCUT2D eigenvalue weighted by Gasteiger charge is 2.31. The minimum Gasteiger partial charge on any atom is -0.489 e. The number of carbonyl (C=O) groups excluding carboxylic acids is 1. The quantitative estimate of drug-likeness (QED) is 0.841. The Bertz CT molecular complexity index is 735. The van der Waals surface area contributed by atoms with Crippen molar-refractivity contribution in [3.8, 4) is 5.75 Å². The molecule has 5 heteroatoms. The van der Waals surface area contributed by atoms with Gasteiger partial charge in [0.2, 0.25) is 5.91 Å². The first-order valence-electron chi connectivity index (χ1n) is 8.64. The molecule has 0 heterocycles. The Labute approximate surface area is 147 Å². The number of carbonyl (C=O) groups is 1. The average Bonchev–Trinajstić information content (AvgIpc) is 3.09. The second-order valence-corrected chi connectivity index (χ2v) is 6.47. The van der Waals surface area contributed by atoms with E-state index in [2.05, 4.69) is 5.32 Å². The van der Waals surface area contributed by atoms with Crippen LogP contribution in [0.1, 0.15) is 24.8 Å². The van der Waals surface area contributed by atoms with Crippen molar-refractivity contribution in [2.75, 3.05) is 11.9 Å². The molecule has 0 aliphatic heterocycles. The SMILES string of the molecule is NC[C@H]1CCC[C@H]1C(=O)Nc1cccc(OCc2cccc(F)c2)c1. The Balaban J connectivity index is 1.60.